The van der Waals surface area contributed by atoms with Gasteiger partial charge in [0.2, 0.25) is 0 Å². The first kappa shape index (κ1) is 18.6. The number of nitrogens with one attached hydrogen (secondary N) is 1. The molecule has 7 nitrogen and oxygen atoms in total. The molecule has 0 saturated heterocycles. The molecule has 0 amide bonds. The molecule has 0 aliphatic carbocycles. The molecule has 0 saturated carbocycles. The number of hydrogen-bond donors (Lipinski definition) is 1. The van der Waals surface area contributed by atoms with Gasteiger partial charge in [0, 0.05) is 11.6 Å². The first-order chi connectivity index (χ1) is 11.8. The highest BCUT2D eigenvalue weighted by molar-refractivity contribution is 7.89. The predicted molar refractivity (Wildman–Crippen MR) is 96.0 cm³/mol. The monoisotopic (exact) mass is 361 g/mol. The Morgan fingerprint density at radius 2 is 1.88 bits per heavy atom. The second-order valence-electron chi connectivity index (χ2n) is 5.47. The zero-order valence-electron chi connectivity index (χ0n) is 14.0. The number of nitrogens with zero attached hydrogens (tertiary/aromatic N) is 2. The Morgan fingerprint density at radius 3 is 2.48 bits per heavy atom. The minimum atomic E-state index is -4.00. The van der Waals surface area contributed by atoms with E-state index in [1.165, 1.54) is 12.1 Å². The Hall–Kier alpha value is -2.74. The normalized spacial score (nSPS) is 12.0. The van der Waals surface area contributed by atoms with E-state index < -0.39 is 14.9 Å². The van der Waals surface area contributed by atoms with Gasteiger partial charge in [0.1, 0.15) is 0 Å². The number of hydrazone groups is 1. The summed E-state index contributed by atoms with van der Waals surface area (Å²) in [7, 11) is -4.00. The average Bonchev–Trinajstić information content (AvgIpc) is 2.59. The van der Waals surface area contributed by atoms with Crippen molar-refractivity contribution in [3.8, 4) is 0 Å². The summed E-state index contributed by atoms with van der Waals surface area (Å²) < 4.78 is 24.8. The third-order valence-corrected chi connectivity index (χ3v) is 4.79. The summed E-state index contributed by atoms with van der Waals surface area (Å²) in [4.78, 5) is 12.4. The van der Waals surface area contributed by atoms with Crippen LogP contribution in [0.15, 0.2) is 58.5 Å². The second-order valence-corrected chi connectivity index (χ2v) is 7.14. The Balaban J connectivity index is 2.34. The van der Waals surface area contributed by atoms with Crippen LogP contribution in [0.2, 0.25) is 0 Å². The van der Waals surface area contributed by atoms with Crippen LogP contribution < -0.4 is 4.83 Å². The largest absolute Gasteiger partial charge is 0.276 e. The van der Waals surface area contributed by atoms with Crippen molar-refractivity contribution in [2.75, 3.05) is 0 Å². The maximum absolute atomic E-state index is 12.4. The Bertz CT molecular complexity index is 893. The van der Waals surface area contributed by atoms with Crippen molar-refractivity contribution in [2.45, 2.75) is 31.6 Å². The predicted octanol–water partition coefficient (Wildman–Crippen LogP) is 3.39. The van der Waals surface area contributed by atoms with Gasteiger partial charge in [0.05, 0.1) is 15.5 Å². The van der Waals surface area contributed by atoms with Crippen LogP contribution in [0.5, 0.6) is 0 Å². The fourth-order valence-electron chi connectivity index (χ4n) is 2.25. The van der Waals surface area contributed by atoms with Gasteiger partial charge in [0.25, 0.3) is 15.7 Å². The molecule has 0 fully saturated rings. The third-order valence-electron chi connectivity index (χ3n) is 3.58. The van der Waals surface area contributed by atoms with Gasteiger partial charge in [-0.05, 0) is 25.0 Å². The molecule has 0 atom stereocenters. The lowest BCUT2D eigenvalue weighted by Crippen LogP contribution is -2.21. The van der Waals surface area contributed by atoms with E-state index in [1.54, 1.807) is 6.92 Å². The molecule has 0 unspecified atom stereocenters. The van der Waals surface area contributed by atoms with E-state index in [0.29, 0.717) is 17.7 Å². The van der Waals surface area contributed by atoms with Gasteiger partial charge >= 0.3 is 0 Å². The molecule has 2 rings (SSSR count). The Kier molecular flexibility index (Phi) is 5.87. The lowest BCUT2D eigenvalue weighted by atomic mass is 10.1. The van der Waals surface area contributed by atoms with Gasteiger partial charge in [-0.2, -0.15) is 18.4 Å². The van der Waals surface area contributed by atoms with E-state index in [0.717, 1.165) is 18.1 Å². The Morgan fingerprint density at radius 1 is 1.20 bits per heavy atom. The van der Waals surface area contributed by atoms with E-state index in [2.05, 4.69) is 9.93 Å². The van der Waals surface area contributed by atoms with Crippen LogP contribution in [0.1, 0.15) is 30.9 Å². The number of rotatable bonds is 7. The molecular weight excluding hydrogens is 342 g/mol. The van der Waals surface area contributed by atoms with E-state index in [1.807, 2.05) is 37.3 Å². The fraction of sp³-hybridized carbons (Fsp3) is 0.235. The van der Waals surface area contributed by atoms with Gasteiger partial charge in [-0.15, -0.1) is 0 Å². The maximum atomic E-state index is 12.4. The van der Waals surface area contributed by atoms with E-state index >= 15 is 0 Å². The van der Waals surface area contributed by atoms with Crippen molar-refractivity contribution in [3.63, 3.8) is 0 Å². The van der Waals surface area contributed by atoms with Crippen LogP contribution in [-0.4, -0.2) is 19.1 Å². The maximum Gasteiger partial charge on any atom is 0.276 e. The highest BCUT2D eigenvalue weighted by Gasteiger charge is 2.19. The van der Waals surface area contributed by atoms with Crippen molar-refractivity contribution in [1.82, 2.24) is 4.83 Å². The van der Waals surface area contributed by atoms with Crippen LogP contribution in [0.3, 0.4) is 0 Å². The molecule has 1 N–H and O–H groups in total. The summed E-state index contributed by atoms with van der Waals surface area (Å²) in [5.41, 5.74) is 1.57. The molecule has 0 bridgehead atoms. The van der Waals surface area contributed by atoms with Crippen molar-refractivity contribution in [1.29, 1.82) is 0 Å². The number of aryl methyl sites for hydroxylation is 1. The fourth-order valence-corrected chi connectivity index (χ4v) is 3.10. The number of nitro benzene ring substituents is 1. The average molecular weight is 361 g/mol. The van der Waals surface area contributed by atoms with Crippen LogP contribution in [0, 0.1) is 17.0 Å². The van der Waals surface area contributed by atoms with Gasteiger partial charge < -0.3 is 0 Å². The second kappa shape index (κ2) is 7.89. The zero-order chi connectivity index (χ0) is 18.4. The minimum Gasteiger partial charge on any atom is -0.258 e. The molecular formula is C17H19N3O4S. The number of benzene rings is 2. The standard InChI is InChI=1S/C17H19N3O4S/c1-3-7-16(14-8-5-4-6-9-14)18-19-25(23,24)15-11-10-13(2)17(12-15)20(21)22/h4-6,8-12,19H,3,7H2,1-2H3/b18-16-. The SMILES string of the molecule is CCC/C(=N/NS(=O)(=O)c1ccc(C)c([N+](=O)[O-])c1)c1ccccc1. The van der Waals surface area contributed by atoms with Crippen molar-refractivity contribution in [3.05, 3.63) is 69.8 Å². The smallest absolute Gasteiger partial charge is 0.258 e. The summed E-state index contributed by atoms with van der Waals surface area (Å²) in [6.07, 6.45) is 1.39. The molecule has 25 heavy (non-hydrogen) atoms. The topological polar surface area (TPSA) is 102 Å². The van der Waals surface area contributed by atoms with Crippen molar-refractivity contribution < 1.29 is 13.3 Å². The van der Waals surface area contributed by atoms with Gasteiger partial charge in [-0.25, -0.2) is 0 Å². The summed E-state index contributed by atoms with van der Waals surface area (Å²) in [6.45, 7) is 3.52. The highest BCUT2D eigenvalue weighted by atomic mass is 32.2. The van der Waals surface area contributed by atoms with Crippen molar-refractivity contribution >= 4 is 21.4 Å². The molecule has 2 aromatic carbocycles. The summed E-state index contributed by atoms with van der Waals surface area (Å²) in [6, 6.07) is 13.0. The molecule has 0 aromatic heterocycles. The van der Waals surface area contributed by atoms with Crippen LogP contribution in [-0.2, 0) is 10.0 Å². The summed E-state index contributed by atoms with van der Waals surface area (Å²) in [5, 5.41) is 15.0. The quantitative estimate of drug-likeness (QED) is 0.464. The zero-order valence-corrected chi connectivity index (χ0v) is 14.8. The molecule has 132 valence electrons. The van der Waals surface area contributed by atoms with Gasteiger partial charge in [-0.1, -0.05) is 49.7 Å². The minimum absolute atomic E-state index is 0.197. The van der Waals surface area contributed by atoms with Gasteiger partial charge in [0.15, 0.2) is 0 Å². The first-order valence-electron chi connectivity index (χ1n) is 7.74. The molecule has 8 heteroatoms. The molecule has 0 aliphatic rings. The van der Waals surface area contributed by atoms with Crippen molar-refractivity contribution in [2.24, 2.45) is 5.10 Å². The highest BCUT2D eigenvalue weighted by Crippen LogP contribution is 2.22. The van der Waals surface area contributed by atoms with Gasteiger partial charge in [-0.3, -0.25) is 10.1 Å². The van der Waals surface area contributed by atoms with Crippen LogP contribution in [0.4, 0.5) is 5.69 Å². The summed E-state index contributed by atoms with van der Waals surface area (Å²) >= 11 is 0. The lowest BCUT2D eigenvalue weighted by molar-refractivity contribution is -0.385. The Labute approximate surface area is 146 Å². The van der Waals surface area contributed by atoms with E-state index in [9.17, 15) is 18.5 Å². The van der Waals surface area contributed by atoms with Crippen LogP contribution in [0.25, 0.3) is 0 Å². The number of hydrogen-bond acceptors (Lipinski definition) is 5. The third kappa shape index (κ3) is 4.63. The van der Waals surface area contributed by atoms with E-state index in [4.69, 9.17) is 0 Å². The number of nitro groups is 1. The number of sulfonamides is 1. The molecule has 0 spiro atoms. The van der Waals surface area contributed by atoms with E-state index in [-0.39, 0.29) is 10.6 Å². The molecule has 2 aromatic rings. The molecule has 0 heterocycles. The molecule has 0 radical (unpaired) electrons. The molecule has 0 aliphatic heterocycles. The summed E-state index contributed by atoms with van der Waals surface area (Å²) in [5.74, 6) is 0. The first-order valence-corrected chi connectivity index (χ1v) is 9.22. The lowest BCUT2D eigenvalue weighted by Gasteiger charge is -2.08. The van der Waals surface area contributed by atoms with Crippen LogP contribution >= 0.6 is 0 Å².